The molecular weight excluding hydrogens is 358 g/mol. The van der Waals surface area contributed by atoms with E-state index < -0.39 is 10.2 Å². The normalized spacial score (nSPS) is 19.8. The first-order valence-corrected chi connectivity index (χ1v) is 11.4. The van der Waals surface area contributed by atoms with E-state index in [4.69, 9.17) is 0 Å². The van der Waals surface area contributed by atoms with Crippen molar-refractivity contribution >= 4 is 15.8 Å². The molecule has 1 fully saturated rings. The van der Waals surface area contributed by atoms with Crippen molar-refractivity contribution in [1.29, 1.82) is 0 Å². The van der Waals surface area contributed by atoms with Gasteiger partial charge in [0.05, 0.1) is 0 Å². The van der Waals surface area contributed by atoms with E-state index in [0.717, 1.165) is 38.9 Å². The number of rotatable bonds is 9. The molecule has 1 aromatic rings. The van der Waals surface area contributed by atoms with Gasteiger partial charge in [-0.2, -0.15) is 12.7 Å². The minimum atomic E-state index is -3.35. The number of nitrogens with zero attached hydrogens (tertiary/aromatic N) is 2. The van der Waals surface area contributed by atoms with E-state index in [1.807, 2.05) is 0 Å². The van der Waals surface area contributed by atoms with Crippen LogP contribution < -0.4 is 4.72 Å². The molecule has 0 aromatic heterocycles. The van der Waals surface area contributed by atoms with Crippen LogP contribution in [-0.4, -0.2) is 57.9 Å². The Morgan fingerprint density at radius 2 is 2.00 bits per heavy atom. The van der Waals surface area contributed by atoms with Gasteiger partial charge in [0.1, 0.15) is 0 Å². The number of hydrogen-bond donors (Lipinski definition) is 1. The van der Waals surface area contributed by atoms with Gasteiger partial charge in [0.15, 0.2) is 0 Å². The SMILES string of the molecule is CC(C)CC=C(CN1CCCC(CNS(=O)(=O)N(C)C)C1)c1ccccc1. The number of benzene rings is 1. The maximum atomic E-state index is 12.0. The topological polar surface area (TPSA) is 52.7 Å². The van der Waals surface area contributed by atoms with Crippen LogP contribution in [0.15, 0.2) is 36.4 Å². The van der Waals surface area contributed by atoms with Crippen molar-refractivity contribution in [3.63, 3.8) is 0 Å². The van der Waals surface area contributed by atoms with Crippen LogP contribution in [-0.2, 0) is 10.2 Å². The second-order valence-corrected chi connectivity index (χ2v) is 10.1. The molecule has 5 nitrogen and oxygen atoms in total. The Labute approximate surface area is 165 Å². The van der Waals surface area contributed by atoms with Gasteiger partial charge in [0.25, 0.3) is 10.2 Å². The molecule has 0 amide bonds. The molecule has 1 aromatic carbocycles. The highest BCUT2D eigenvalue weighted by atomic mass is 32.2. The van der Waals surface area contributed by atoms with Gasteiger partial charge in [-0.05, 0) is 48.8 Å². The molecule has 1 aliphatic rings. The smallest absolute Gasteiger partial charge is 0.278 e. The summed E-state index contributed by atoms with van der Waals surface area (Å²) < 4.78 is 27.9. The molecule has 1 unspecified atom stereocenters. The Bertz CT molecular complexity index is 699. The fraction of sp³-hybridized carbons (Fsp3) is 0.619. The van der Waals surface area contributed by atoms with Crippen LogP contribution in [0, 0.1) is 11.8 Å². The van der Waals surface area contributed by atoms with Crippen molar-refractivity contribution in [3.8, 4) is 0 Å². The Balaban J connectivity index is 2.00. The third-order valence-electron chi connectivity index (χ3n) is 5.01. The molecule has 2 rings (SSSR count). The Morgan fingerprint density at radius 3 is 2.63 bits per heavy atom. The molecular formula is C21H35N3O2S. The summed E-state index contributed by atoms with van der Waals surface area (Å²) in [5.74, 6) is 0.994. The number of piperidine rings is 1. The van der Waals surface area contributed by atoms with E-state index in [1.54, 1.807) is 14.1 Å². The van der Waals surface area contributed by atoms with Crippen LogP contribution in [0.4, 0.5) is 0 Å². The van der Waals surface area contributed by atoms with Crippen LogP contribution in [0.25, 0.3) is 5.57 Å². The average molecular weight is 394 g/mol. The summed E-state index contributed by atoms with van der Waals surface area (Å²) in [4.78, 5) is 2.47. The van der Waals surface area contributed by atoms with Crippen LogP contribution in [0.2, 0.25) is 0 Å². The molecule has 0 saturated carbocycles. The summed E-state index contributed by atoms with van der Waals surface area (Å²) >= 11 is 0. The molecule has 6 heteroatoms. The largest absolute Gasteiger partial charge is 0.299 e. The Morgan fingerprint density at radius 1 is 1.30 bits per heavy atom. The summed E-state index contributed by atoms with van der Waals surface area (Å²) in [6.45, 7) is 7.92. The molecule has 1 aliphatic heterocycles. The minimum Gasteiger partial charge on any atom is -0.299 e. The molecule has 1 heterocycles. The Kier molecular flexibility index (Phi) is 8.48. The highest BCUT2D eigenvalue weighted by molar-refractivity contribution is 7.87. The standard InChI is InChI=1S/C21H35N3O2S/c1-18(2)12-13-21(20-10-6-5-7-11-20)17-24-14-8-9-19(16-24)15-22-27(25,26)23(3)4/h5-7,10-11,13,18-19,22H,8-9,12,14-17H2,1-4H3. The fourth-order valence-electron chi connectivity index (χ4n) is 3.36. The zero-order chi connectivity index (χ0) is 19.9. The van der Waals surface area contributed by atoms with Gasteiger partial charge in [-0.25, -0.2) is 4.72 Å². The van der Waals surface area contributed by atoms with Gasteiger partial charge in [0, 0.05) is 33.7 Å². The van der Waals surface area contributed by atoms with Crippen LogP contribution in [0.5, 0.6) is 0 Å². The van der Waals surface area contributed by atoms with Gasteiger partial charge < -0.3 is 0 Å². The molecule has 0 radical (unpaired) electrons. The summed E-state index contributed by atoms with van der Waals surface area (Å²) in [7, 11) is -0.232. The third kappa shape index (κ3) is 7.37. The second-order valence-electron chi connectivity index (χ2n) is 8.10. The van der Waals surface area contributed by atoms with Gasteiger partial charge in [-0.3, -0.25) is 4.90 Å². The van der Waals surface area contributed by atoms with Crippen LogP contribution in [0.1, 0.15) is 38.7 Å². The van der Waals surface area contributed by atoms with Crippen molar-refractivity contribution in [2.24, 2.45) is 11.8 Å². The lowest BCUT2D eigenvalue weighted by Crippen LogP contribution is -2.44. The van der Waals surface area contributed by atoms with Crippen molar-refractivity contribution in [1.82, 2.24) is 13.9 Å². The first-order chi connectivity index (χ1) is 12.8. The van der Waals surface area contributed by atoms with Crippen molar-refractivity contribution in [2.45, 2.75) is 33.1 Å². The molecule has 0 bridgehead atoms. The number of nitrogens with one attached hydrogen (secondary N) is 1. The van der Waals surface area contributed by atoms with E-state index in [9.17, 15) is 8.42 Å². The van der Waals surface area contributed by atoms with Gasteiger partial charge in [-0.1, -0.05) is 50.3 Å². The van der Waals surface area contributed by atoms with Crippen LogP contribution in [0.3, 0.4) is 0 Å². The number of allylic oxidation sites excluding steroid dienone is 1. The van der Waals surface area contributed by atoms with Gasteiger partial charge in [-0.15, -0.1) is 0 Å². The van der Waals surface area contributed by atoms with Crippen molar-refractivity contribution in [3.05, 3.63) is 42.0 Å². The number of likely N-dealkylation sites (tertiary alicyclic amines) is 1. The quantitative estimate of drug-likeness (QED) is 0.701. The fourth-order valence-corrected chi connectivity index (χ4v) is 4.06. The van der Waals surface area contributed by atoms with E-state index in [0.29, 0.717) is 18.4 Å². The predicted octanol–water partition coefficient (Wildman–Crippen LogP) is 3.22. The Hall–Kier alpha value is -1.21. The first-order valence-electron chi connectivity index (χ1n) is 9.92. The zero-order valence-corrected chi connectivity index (χ0v) is 18.0. The lowest BCUT2D eigenvalue weighted by Gasteiger charge is -2.33. The summed E-state index contributed by atoms with van der Waals surface area (Å²) in [5.41, 5.74) is 2.66. The lowest BCUT2D eigenvalue weighted by molar-refractivity contribution is 0.194. The molecule has 0 spiro atoms. The van der Waals surface area contributed by atoms with Crippen molar-refractivity contribution in [2.75, 3.05) is 40.3 Å². The van der Waals surface area contributed by atoms with E-state index in [-0.39, 0.29) is 0 Å². The zero-order valence-electron chi connectivity index (χ0n) is 17.2. The van der Waals surface area contributed by atoms with E-state index in [1.165, 1.54) is 15.4 Å². The van der Waals surface area contributed by atoms with Gasteiger partial charge >= 0.3 is 0 Å². The highest BCUT2D eigenvalue weighted by Crippen LogP contribution is 2.22. The van der Waals surface area contributed by atoms with E-state index in [2.05, 4.69) is 59.9 Å². The minimum absolute atomic E-state index is 0.357. The average Bonchev–Trinajstić information content (AvgIpc) is 2.64. The molecule has 1 saturated heterocycles. The molecule has 152 valence electrons. The lowest BCUT2D eigenvalue weighted by atomic mass is 9.96. The maximum absolute atomic E-state index is 12.0. The summed E-state index contributed by atoms with van der Waals surface area (Å²) in [6, 6.07) is 10.6. The predicted molar refractivity (Wildman–Crippen MR) is 114 cm³/mol. The molecule has 1 atom stereocenters. The molecule has 0 aliphatic carbocycles. The van der Waals surface area contributed by atoms with Crippen molar-refractivity contribution < 1.29 is 8.42 Å². The number of hydrogen-bond acceptors (Lipinski definition) is 3. The van der Waals surface area contributed by atoms with Gasteiger partial charge in [0.2, 0.25) is 0 Å². The first kappa shape index (κ1) is 22.1. The summed E-state index contributed by atoms with van der Waals surface area (Å²) in [6.07, 6.45) is 5.63. The molecule has 27 heavy (non-hydrogen) atoms. The second kappa shape index (κ2) is 10.4. The monoisotopic (exact) mass is 393 g/mol. The van der Waals surface area contributed by atoms with E-state index >= 15 is 0 Å². The highest BCUT2D eigenvalue weighted by Gasteiger charge is 2.23. The molecule has 1 N–H and O–H groups in total. The van der Waals surface area contributed by atoms with Crippen LogP contribution >= 0.6 is 0 Å². The summed E-state index contributed by atoms with van der Waals surface area (Å²) in [5, 5.41) is 0. The maximum Gasteiger partial charge on any atom is 0.278 e. The third-order valence-corrected chi connectivity index (χ3v) is 6.51.